The Morgan fingerprint density at radius 3 is 2.93 bits per heavy atom. The van der Waals surface area contributed by atoms with Gasteiger partial charge in [0.05, 0.1) is 11.7 Å². The Balaban J connectivity index is 1.39. The van der Waals surface area contributed by atoms with E-state index in [1.807, 2.05) is 31.2 Å². The number of imidazole rings is 1. The first-order chi connectivity index (χ1) is 13.1. The largest absolute Gasteiger partial charge is 0.491 e. The molecule has 1 fully saturated rings. The smallest absolute Gasteiger partial charge is 0.126 e. The number of aryl methyl sites for hydroxylation is 2. The van der Waals surface area contributed by atoms with E-state index < -0.39 is 6.10 Å². The molecule has 0 bridgehead atoms. The van der Waals surface area contributed by atoms with Crippen molar-refractivity contribution < 1.29 is 9.84 Å². The van der Waals surface area contributed by atoms with Crippen LogP contribution in [0.4, 0.5) is 0 Å². The summed E-state index contributed by atoms with van der Waals surface area (Å²) in [6.45, 7) is 4.02. The zero-order chi connectivity index (χ0) is 18.8. The van der Waals surface area contributed by atoms with Gasteiger partial charge in [0.15, 0.2) is 0 Å². The lowest BCUT2D eigenvalue weighted by Gasteiger charge is -2.26. The third kappa shape index (κ3) is 4.04. The predicted molar refractivity (Wildman–Crippen MR) is 106 cm³/mol. The monoisotopic (exact) mass is 369 g/mol. The van der Waals surface area contributed by atoms with Gasteiger partial charge in [-0.05, 0) is 69.7 Å². The molecule has 1 N–H and O–H groups in total. The normalized spacial score (nSPS) is 21.2. The lowest BCUT2D eigenvalue weighted by atomic mass is 10.0. The topological polar surface area (TPSA) is 50.5 Å². The van der Waals surface area contributed by atoms with Gasteiger partial charge in [-0.1, -0.05) is 12.1 Å². The van der Waals surface area contributed by atoms with Crippen LogP contribution in [0.25, 0.3) is 0 Å². The standard InChI is InChI=1S/C22H31N3O2/c1-16-7-5-8-18(13-16)27-15-17(26)14-25-12-6-11-21(25)22-23-19-9-3-4-10-20(19)24(22)2/h5,7-8,13,17,21,26H,3-4,6,9-12,14-15H2,1-2H3/t17-,21+/m1/s1. The Kier molecular flexibility index (Phi) is 5.50. The van der Waals surface area contributed by atoms with Gasteiger partial charge in [0.25, 0.3) is 0 Å². The average molecular weight is 370 g/mol. The molecular weight excluding hydrogens is 338 g/mol. The van der Waals surface area contributed by atoms with Crippen molar-refractivity contribution in [2.75, 3.05) is 19.7 Å². The molecule has 1 aromatic heterocycles. The molecule has 27 heavy (non-hydrogen) atoms. The van der Waals surface area contributed by atoms with Crippen LogP contribution in [0.2, 0.25) is 0 Å². The highest BCUT2D eigenvalue weighted by Gasteiger charge is 2.32. The lowest BCUT2D eigenvalue weighted by molar-refractivity contribution is 0.0623. The number of β-amino-alcohol motifs (C(OH)–C–C–N with tert-alkyl or cyclic N) is 1. The van der Waals surface area contributed by atoms with Crippen molar-refractivity contribution in [1.82, 2.24) is 14.5 Å². The highest BCUT2D eigenvalue weighted by Crippen LogP contribution is 2.33. The minimum absolute atomic E-state index is 0.314. The van der Waals surface area contributed by atoms with E-state index in [4.69, 9.17) is 9.72 Å². The highest BCUT2D eigenvalue weighted by atomic mass is 16.5. The van der Waals surface area contributed by atoms with Crippen molar-refractivity contribution in [3.8, 4) is 5.75 Å². The van der Waals surface area contributed by atoms with E-state index >= 15 is 0 Å². The molecule has 5 heteroatoms. The van der Waals surface area contributed by atoms with Gasteiger partial charge in [0.2, 0.25) is 0 Å². The van der Waals surface area contributed by atoms with Gasteiger partial charge >= 0.3 is 0 Å². The zero-order valence-corrected chi connectivity index (χ0v) is 16.5. The minimum Gasteiger partial charge on any atom is -0.491 e. The van der Waals surface area contributed by atoms with Crippen molar-refractivity contribution in [2.45, 2.75) is 57.6 Å². The van der Waals surface area contributed by atoms with Crippen LogP contribution in [0.3, 0.4) is 0 Å². The van der Waals surface area contributed by atoms with Crippen LogP contribution < -0.4 is 4.74 Å². The van der Waals surface area contributed by atoms with Crippen LogP contribution in [-0.2, 0) is 19.9 Å². The molecule has 4 rings (SSSR count). The quantitative estimate of drug-likeness (QED) is 0.850. The Bertz CT molecular complexity index is 786. The summed E-state index contributed by atoms with van der Waals surface area (Å²) in [6, 6.07) is 8.29. The number of hydrogen-bond acceptors (Lipinski definition) is 4. The summed E-state index contributed by atoms with van der Waals surface area (Å²) in [4.78, 5) is 7.39. The number of ether oxygens (including phenoxy) is 1. The Labute approximate surface area is 162 Å². The molecule has 2 aliphatic rings. The molecule has 1 aliphatic heterocycles. The van der Waals surface area contributed by atoms with Gasteiger partial charge in [-0.15, -0.1) is 0 Å². The summed E-state index contributed by atoms with van der Waals surface area (Å²) in [7, 11) is 2.17. The molecule has 146 valence electrons. The lowest BCUT2D eigenvalue weighted by Crippen LogP contribution is -2.36. The van der Waals surface area contributed by atoms with Gasteiger partial charge in [-0.3, -0.25) is 4.90 Å². The van der Waals surface area contributed by atoms with Gasteiger partial charge in [0, 0.05) is 19.3 Å². The van der Waals surface area contributed by atoms with Crippen molar-refractivity contribution in [2.24, 2.45) is 7.05 Å². The summed E-state index contributed by atoms with van der Waals surface area (Å²) in [5.41, 5.74) is 3.89. The second kappa shape index (κ2) is 8.03. The summed E-state index contributed by atoms with van der Waals surface area (Å²) in [5, 5.41) is 10.5. The molecule has 0 amide bonds. The van der Waals surface area contributed by atoms with Gasteiger partial charge in [-0.25, -0.2) is 4.98 Å². The number of rotatable bonds is 6. The van der Waals surface area contributed by atoms with E-state index in [1.54, 1.807) is 0 Å². The molecule has 0 spiro atoms. The molecule has 2 atom stereocenters. The summed E-state index contributed by atoms with van der Waals surface area (Å²) < 4.78 is 8.12. The number of aliphatic hydroxyl groups excluding tert-OH is 1. The van der Waals surface area contributed by atoms with Gasteiger partial charge in [-0.2, -0.15) is 0 Å². The van der Waals surface area contributed by atoms with Crippen LogP contribution in [-0.4, -0.2) is 45.4 Å². The number of fused-ring (bicyclic) bond motifs is 1. The number of aromatic nitrogens is 2. The summed E-state index contributed by atoms with van der Waals surface area (Å²) in [5.74, 6) is 2.01. The molecule has 0 radical (unpaired) electrons. The molecule has 0 saturated carbocycles. The van der Waals surface area contributed by atoms with Crippen LogP contribution in [0.15, 0.2) is 24.3 Å². The maximum Gasteiger partial charge on any atom is 0.126 e. The molecule has 2 heterocycles. The predicted octanol–water partition coefficient (Wildman–Crippen LogP) is 3.18. The SMILES string of the molecule is Cc1cccc(OC[C@H](O)CN2CCC[C@H]2c2nc3c(n2C)CCCC3)c1. The minimum atomic E-state index is -0.499. The highest BCUT2D eigenvalue weighted by molar-refractivity contribution is 5.27. The maximum absolute atomic E-state index is 10.5. The Hall–Kier alpha value is -1.85. The molecule has 0 unspecified atom stereocenters. The van der Waals surface area contributed by atoms with E-state index in [1.165, 1.54) is 35.6 Å². The average Bonchev–Trinajstić information content (AvgIpc) is 3.24. The second-order valence-corrected chi connectivity index (χ2v) is 8.06. The second-order valence-electron chi connectivity index (χ2n) is 8.06. The summed E-state index contributed by atoms with van der Waals surface area (Å²) >= 11 is 0. The Morgan fingerprint density at radius 1 is 1.26 bits per heavy atom. The van der Waals surface area contributed by atoms with Crippen LogP contribution in [0.1, 0.15) is 54.5 Å². The molecule has 2 aromatic rings. The van der Waals surface area contributed by atoms with E-state index in [0.29, 0.717) is 19.2 Å². The number of nitrogens with zero attached hydrogens (tertiary/aromatic N) is 3. The van der Waals surface area contributed by atoms with Crippen molar-refractivity contribution in [3.63, 3.8) is 0 Å². The van der Waals surface area contributed by atoms with Crippen LogP contribution in [0, 0.1) is 6.92 Å². The number of benzene rings is 1. The number of hydrogen-bond donors (Lipinski definition) is 1. The molecule has 5 nitrogen and oxygen atoms in total. The first kappa shape index (κ1) is 18.5. The number of aliphatic hydroxyl groups is 1. The molecule has 1 saturated heterocycles. The van der Waals surface area contributed by atoms with Crippen LogP contribution in [0.5, 0.6) is 5.75 Å². The van der Waals surface area contributed by atoms with E-state index in [2.05, 4.69) is 16.5 Å². The first-order valence-electron chi connectivity index (χ1n) is 10.3. The third-order valence-electron chi connectivity index (χ3n) is 5.95. The van der Waals surface area contributed by atoms with Crippen molar-refractivity contribution >= 4 is 0 Å². The summed E-state index contributed by atoms with van der Waals surface area (Å²) in [6.07, 6.45) is 6.58. The zero-order valence-electron chi connectivity index (χ0n) is 16.5. The fourth-order valence-corrected chi connectivity index (χ4v) is 4.56. The molecular formula is C22H31N3O2. The van der Waals surface area contributed by atoms with Gasteiger partial charge < -0.3 is 14.4 Å². The first-order valence-corrected chi connectivity index (χ1v) is 10.3. The van der Waals surface area contributed by atoms with Crippen molar-refractivity contribution in [1.29, 1.82) is 0 Å². The van der Waals surface area contributed by atoms with Crippen LogP contribution >= 0.6 is 0 Å². The molecule has 1 aromatic carbocycles. The van der Waals surface area contributed by atoms with E-state index in [0.717, 1.165) is 38.0 Å². The Morgan fingerprint density at radius 2 is 2.11 bits per heavy atom. The van der Waals surface area contributed by atoms with Crippen molar-refractivity contribution in [3.05, 3.63) is 47.0 Å². The van der Waals surface area contributed by atoms with Gasteiger partial charge in [0.1, 0.15) is 24.3 Å². The maximum atomic E-state index is 10.5. The van der Waals surface area contributed by atoms with E-state index in [-0.39, 0.29) is 0 Å². The number of likely N-dealkylation sites (tertiary alicyclic amines) is 1. The van der Waals surface area contributed by atoms with E-state index in [9.17, 15) is 5.11 Å². The third-order valence-corrected chi connectivity index (χ3v) is 5.95. The molecule has 1 aliphatic carbocycles. The fourth-order valence-electron chi connectivity index (χ4n) is 4.56. The fraction of sp³-hybridized carbons (Fsp3) is 0.591.